The molecule has 120 valence electrons. The van der Waals surface area contributed by atoms with Gasteiger partial charge in [-0.15, -0.1) is 0 Å². The molecule has 0 spiro atoms. The first-order valence-corrected chi connectivity index (χ1v) is 8.00. The lowest BCUT2D eigenvalue weighted by Crippen LogP contribution is -2.26. The zero-order valence-corrected chi connectivity index (χ0v) is 13.3. The SMILES string of the molecule is CCC(=O)N1N=C(c2ccc[nH]2)C[C@@H]1c1ccc2nccnc2c1. The average molecular weight is 319 g/mol. The van der Waals surface area contributed by atoms with Crippen molar-refractivity contribution >= 4 is 22.7 Å². The summed E-state index contributed by atoms with van der Waals surface area (Å²) in [7, 11) is 0. The monoisotopic (exact) mass is 319 g/mol. The van der Waals surface area contributed by atoms with Crippen LogP contribution in [0.5, 0.6) is 0 Å². The number of benzene rings is 1. The fourth-order valence-electron chi connectivity index (χ4n) is 3.02. The number of nitrogens with one attached hydrogen (secondary N) is 1. The Kier molecular flexibility index (Phi) is 3.57. The van der Waals surface area contributed by atoms with Crippen molar-refractivity contribution in [3.05, 3.63) is 60.2 Å². The molecule has 1 aliphatic heterocycles. The van der Waals surface area contributed by atoms with Crippen LogP contribution in [0.3, 0.4) is 0 Å². The highest BCUT2D eigenvalue weighted by molar-refractivity contribution is 6.01. The summed E-state index contributed by atoms with van der Waals surface area (Å²) < 4.78 is 0. The minimum Gasteiger partial charge on any atom is -0.360 e. The summed E-state index contributed by atoms with van der Waals surface area (Å²) in [6, 6.07) is 9.74. The van der Waals surface area contributed by atoms with Gasteiger partial charge in [-0.25, -0.2) is 5.01 Å². The maximum Gasteiger partial charge on any atom is 0.242 e. The molecule has 0 unspecified atom stereocenters. The van der Waals surface area contributed by atoms with Gasteiger partial charge in [0.2, 0.25) is 5.91 Å². The minimum absolute atomic E-state index is 0.0146. The molecule has 0 bridgehead atoms. The van der Waals surface area contributed by atoms with E-state index in [0.717, 1.165) is 28.0 Å². The van der Waals surface area contributed by atoms with Crippen molar-refractivity contribution in [2.45, 2.75) is 25.8 Å². The van der Waals surface area contributed by atoms with E-state index in [1.165, 1.54) is 0 Å². The molecule has 1 aromatic carbocycles. The number of hydrazone groups is 1. The Bertz CT molecular complexity index is 916. The van der Waals surface area contributed by atoms with Crippen molar-refractivity contribution in [2.75, 3.05) is 0 Å². The molecule has 0 fully saturated rings. The van der Waals surface area contributed by atoms with Gasteiger partial charge < -0.3 is 4.98 Å². The molecule has 3 aromatic rings. The molecule has 6 heteroatoms. The largest absolute Gasteiger partial charge is 0.360 e. The lowest BCUT2D eigenvalue weighted by atomic mass is 10.00. The highest BCUT2D eigenvalue weighted by atomic mass is 16.2. The van der Waals surface area contributed by atoms with Gasteiger partial charge in [-0.1, -0.05) is 13.0 Å². The number of fused-ring (bicyclic) bond motifs is 1. The highest BCUT2D eigenvalue weighted by Crippen LogP contribution is 2.33. The molecule has 24 heavy (non-hydrogen) atoms. The third kappa shape index (κ3) is 2.46. The van der Waals surface area contributed by atoms with E-state index in [-0.39, 0.29) is 11.9 Å². The maximum atomic E-state index is 12.4. The normalized spacial score (nSPS) is 17.3. The number of hydrogen-bond acceptors (Lipinski definition) is 4. The number of aromatic amines is 1. The van der Waals surface area contributed by atoms with Crippen LogP contribution >= 0.6 is 0 Å². The zero-order valence-electron chi connectivity index (χ0n) is 13.3. The Balaban J connectivity index is 1.73. The van der Waals surface area contributed by atoms with Crippen LogP contribution in [0.4, 0.5) is 0 Å². The van der Waals surface area contributed by atoms with E-state index in [1.807, 2.05) is 43.5 Å². The number of aromatic nitrogens is 3. The van der Waals surface area contributed by atoms with Gasteiger partial charge in [0.05, 0.1) is 28.5 Å². The third-order valence-corrected chi connectivity index (χ3v) is 4.26. The summed E-state index contributed by atoms with van der Waals surface area (Å²) in [5.74, 6) is 0.0146. The summed E-state index contributed by atoms with van der Waals surface area (Å²) >= 11 is 0. The van der Waals surface area contributed by atoms with E-state index in [9.17, 15) is 4.79 Å². The van der Waals surface area contributed by atoms with Crippen LogP contribution in [0.25, 0.3) is 11.0 Å². The van der Waals surface area contributed by atoms with Gasteiger partial charge in [-0.05, 0) is 29.8 Å². The van der Waals surface area contributed by atoms with Crippen LogP contribution < -0.4 is 0 Å². The number of hydrogen-bond donors (Lipinski definition) is 1. The van der Waals surface area contributed by atoms with Gasteiger partial charge in [-0.2, -0.15) is 5.10 Å². The molecular formula is C18H17N5O. The quantitative estimate of drug-likeness (QED) is 0.806. The molecule has 1 amide bonds. The topological polar surface area (TPSA) is 74.2 Å². The van der Waals surface area contributed by atoms with E-state index in [4.69, 9.17) is 0 Å². The number of amides is 1. The number of carbonyl (C=O) groups is 1. The van der Waals surface area contributed by atoms with E-state index < -0.39 is 0 Å². The first kappa shape index (κ1) is 14.6. The van der Waals surface area contributed by atoms with Crippen molar-refractivity contribution in [2.24, 2.45) is 5.10 Å². The first-order chi connectivity index (χ1) is 11.8. The van der Waals surface area contributed by atoms with Crippen LogP contribution in [0, 0.1) is 0 Å². The summed E-state index contributed by atoms with van der Waals surface area (Å²) in [6.45, 7) is 1.85. The van der Waals surface area contributed by atoms with E-state index in [0.29, 0.717) is 12.8 Å². The third-order valence-electron chi connectivity index (χ3n) is 4.26. The molecule has 0 radical (unpaired) electrons. The Morgan fingerprint density at radius 1 is 1.25 bits per heavy atom. The fraction of sp³-hybridized carbons (Fsp3) is 0.222. The second-order valence-electron chi connectivity index (χ2n) is 5.75. The predicted octanol–water partition coefficient (Wildman–Crippen LogP) is 3.05. The second kappa shape index (κ2) is 5.88. The van der Waals surface area contributed by atoms with E-state index >= 15 is 0 Å². The van der Waals surface area contributed by atoms with Crippen molar-refractivity contribution < 1.29 is 4.79 Å². The molecule has 0 saturated carbocycles. The van der Waals surface area contributed by atoms with Crippen LogP contribution in [0.1, 0.15) is 37.1 Å². The lowest BCUT2D eigenvalue weighted by Gasteiger charge is -2.21. The summed E-state index contributed by atoms with van der Waals surface area (Å²) in [5.41, 5.74) is 4.54. The fourth-order valence-corrected chi connectivity index (χ4v) is 3.02. The summed E-state index contributed by atoms with van der Waals surface area (Å²) in [6.07, 6.45) is 6.32. The molecule has 2 aromatic heterocycles. The highest BCUT2D eigenvalue weighted by Gasteiger charge is 2.32. The standard InChI is InChI=1S/C18H17N5O/c1-2-18(24)23-17(11-16(22-23)13-4-3-7-19-13)12-5-6-14-15(10-12)21-9-8-20-14/h3-10,17,19H,2,11H2,1H3/t17-/m1/s1. The Hall–Kier alpha value is -3.02. The van der Waals surface area contributed by atoms with E-state index in [1.54, 1.807) is 17.4 Å². The van der Waals surface area contributed by atoms with Crippen molar-refractivity contribution in [1.82, 2.24) is 20.0 Å². The number of rotatable bonds is 3. The Morgan fingerprint density at radius 2 is 2.08 bits per heavy atom. The molecule has 3 heterocycles. The van der Waals surface area contributed by atoms with Gasteiger partial charge >= 0.3 is 0 Å². The van der Waals surface area contributed by atoms with Gasteiger partial charge in [0.15, 0.2) is 0 Å². The van der Waals surface area contributed by atoms with Gasteiger partial charge in [0, 0.05) is 31.4 Å². The van der Waals surface area contributed by atoms with Crippen LogP contribution in [0.2, 0.25) is 0 Å². The summed E-state index contributed by atoms with van der Waals surface area (Å²) in [5, 5.41) is 6.18. The van der Waals surface area contributed by atoms with Crippen LogP contribution in [0.15, 0.2) is 54.0 Å². The first-order valence-electron chi connectivity index (χ1n) is 8.00. The van der Waals surface area contributed by atoms with Gasteiger partial charge in [0.1, 0.15) is 0 Å². The molecule has 6 nitrogen and oxygen atoms in total. The zero-order chi connectivity index (χ0) is 16.5. The molecule has 0 aliphatic carbocycles. The minimum atomic E-state index is -0.109. The molecule has 0 saturated heterocycles. The van der Waals surface area contributed by atoms with Gasteiger partial charge in [-0.3, -0.25) is 14.8 Å². The summed E-state index contributed by atoms with van der Waals surface area (Å²) in [4.78, 5) is 24.2. The molecule has 1 atom stereocenters. The lowest BCUT2D eigenvalue weighted by molar-refractivity contribution is -0.132. The second-order valence-corrected chi connectivity index (χ2v) is 5.75. The molecule has 4 rings (SSSR count). The maximum absolute atomic E-state index is 12.4. The Labute approximate surface area is 139 Å². The number of carbonyl (C=O) groups excluding carboxylic acids is 1. The Morgan fingerprint density at radius 3 is 2.83 bits per heavy atom. The van der Waals surface area contributed by atoms with Crippen molar-refractivity contribution in [3.63, 3.8) is 0 Å². The van der Waals surface area contributed by atoms with Gasteiger partial charge in [0.25, 0.3) is 0 Å². The number of H-pyrrole nitrogens is 1. The van der Waals surface area contributed by atoms with Crippen LogP contribution in [-0.2, 0) is 4.79 Å². The van der Waals surface area contributed by atoms with Crippen molar-refractivity contribution in [3.8, 4) is 0 Å². The van der Waals surface area contributed by atoms with Crippen LogP contribution in [-0.4, -0.2) is 31.6 Å². The average Bonchev–Trinajstić information content (AvgIpc) is 3.30. The molecule has 1 aliphatic rings. The molecule has 1 N–H and O–H groups in total. The number of nitrogens with zero attached hydrogens (tertiary/aromatic N) is 4. The predicted molar refractivity (Wildman–Crippen MR) is 91.4 cm³/mol. The van der Waals surface area contributed by atoms with Crippen molar-refractivity contribution in [1.29, 1.82) is 0 Å². The van der Waals surface area contributed by atoms with E-state index in [2.05, 4.69) is 20.1 Å². The smallest absolute Gasteiger partial charge is 0.242 e. The molecular weight excluding hydrogens is 302 g/mol.